The molecule has 2 unspecified atom stereocenters. The summed E-state index contributed by atoms with van der Waals surface area (Å²) in [5.74, 6) is -0.902. The zero-order chi connectivity index (χ0) is 17.1. The molecule has 0 spiro atoms. The second-order valence-corrected chi connectivity index (χ2v) is 7.05. The minimum absolute atomic E-state index is 0.165. The number of amides is 2. The van der Waals surface area contributed by atoms with Gasteiger partial charge in [-0.3, -0.25) is 10.1 Å². The van der Waals surface area contributed by atoms with Crippen LogP contribution in [0.5, 0.6) is 0 Å². The Morgan fingerprint density at radius 3 is 2.71 bits per heavy atom. The summed E-state index contributed by atoms with van der Waals surface area (Å²) in [6.07, 6.45) is 8.15. The monoisotopic (exact) mass is 335 g/mol. The first-order valence-corrected chi connectivity index (χ1v) is 8.73. The summed E-state index contributed by atoms with van der Waals surface area (Å²) < 4.78 is 1.84. The molecule has 1 aromatic heterocycles. The molecule has 24 heavy (non-hydrogen) atoms. The van der Waals surface area contributed by atoms with Crippen molar-refractivity contribution in [2.24, 2.45) is 11.8 Å². The molecule has 1 aliphatic carbocycles. The lowest BCUT2D eigenvalue weighted by molar-refractivity contribution is -0.143. The van der Waals surface area contributed by atoms with Gasteiger partial charge in [-0.15, -0.1) is 5.10 Å². The predicted octanol–water partition coefficient (Wildman–Crippen LogP) is 2.36. The Bertz CT molecular complexity index is 596. The van der Waals surface area contributed by atoms with Crippen LogP contribution in [-0.4, -0.2) is 49.9 Å². The van der Waals surface area contributed by atoms with Gasteiger partial charge in [-0.05, 0) is 25.2 Å². The Morgan fingerprint density at radius 2 is 2.00 bits per heavy atom. The summed E-state index contributed by atoms with van der Waals surface area (Å²) in [6.45, 7) is 2.75. The van der Waals surface area contributed by atoms with Crippen molar-refractivity contribution in [1.82, 2.24) is 19.7 Å². The maximum Gasteiger partial charge on any atom is 0.324 e. The van der Waals surface area contributed by atoms with Crippen LogP contribution >= 0.6 is 0 Å². The van der Waals surface area contributed by atoms with Gasteiger partial charge in [0.2, 0.25) is 5.95 Å². The number of carboxylic acid groups (broad SMARTS) is 1. The highest BCUT2D eigenvalue weighted by molar-refractivity contribution is 5.88. The first kappa shape index (κ1) is 16.7. The van der Waals surface area contributed by atoms with Gasteiger partial charge in [-0.25, -0.2) is 14.5 Å². The first-order chi connectivity index (χ1) is 11.5. The zero-order valence-electron chi connectivity index (χ0n) is 14.0. The fraction of sp³-hybridized carbons (Fsp3) is 0.750. The predicted molar refractivity (Wildman–Crippen MR) is 87.6 cm³/mol. The maximum atomic E-state index is 12.4. The van der Waals surface area contributed by atoms with Gasteiger partial charge in [0.1, 0.15) is 6.33 Å². The molecule has 1 aliphatic heterocycles. The van der Waals surface area contributed by atoms with Crippen LogP contribution in [0.1, 0.15) is 51.5 Å². The Kier molecular flexibility index (Phi) is 5.01. The van der Waals surface area contributed by atoms with E-state index in [0.717, 1.165) is 12.8 Å². The molecule has 2 fully saturated rings. The summed E-state index contributed by atoms with van der Waals surface area (Å²) >= 11 is 0. The standard InChI is InChI=1S/C16H25N5O3/c1-11-7-12(14(22)23)9-20(8-11)16(24)18-15-17-10-21(19-15)13-5-3-2-4-6-13/h10-13H,2-9H2,1H3,(H,22,23)(H,18,19,24). The van der Waals surface area contributed by atoms with Crippen LogP contribution in [0.2, 0.25) is 0 Å². The van der Waals surface area contributed by atoms with E-state index in [-0.39, 0.29) is 24.4 Å². The van der Waals surface area contributed by atoms with E-state index in [4.69, 9.17) is 0 Å². The van der Waals surface area contributed by atoms with Gasteiger partial charge >= 0.3 is 12.0 Å². The number of anilines is 1. The quantitative estimate of drug-likeness (QED) is 0.883. The molecule has 0 bridgehead atoms. The van der Waals surface area contributed by atoms with Crippen LogP contribution in [0.3, 0.4) is 0 Å². The molecule has 0 radical (unpaired) electrons. The van der Waals surface area contributed by atoms with E-state index < -0.39 is 11.9 Å². The second-order valence-electron chi connectivity index (χ2n) is 7.05. The number of nitrogens with zero attached hydrogens (tertiary/aromatic N) is 4. The van der Waals surface area contributed by atoms with Crippen LogP contribution in [0, 0.1) is 11.8 Å². The number of carbonyl (C=O) groups is 2. The van der Waals surface area contributed by atoms with Crippen molar-refractivity contribution in [3.8, 4) is 0 Å². The van der Waals surface area contributed by atoms with Gasteiger partial charge in [-0.2, -0.15) is 0 Å². The molecule has 2 N–H and O–H groups in total. The second kappa shape index (κ2) is 7.19. The summed E-state index contributed by atoms with van der Waals surface area (Å²) in [7, 11) is 0. The lowest BCUT2D eigenvalue weighted by atomic mass is 9.91. The third-order valence-electron chi connectivity index (χ3n) is 4.97. The lowest BCUT2D eigenvalue weighted by Gasteiger charge is -2.34. The fourth-order valence-electron chi connectivity index (χ4n) is 3.72. The number of nitrogens with one attached hydrogen (secondary N) is 1. The van der Waals surface area contributed by atoms with Crippen molar-refractivity contribution in [1.29, 1.82) is 0 Å². The molecule has 8 nitrogen and oxygen atoms in total. The number of hydrogen-bond donors (Lipinski definition) is 2. The lowest BCUT2D eigenvalue weighted by Crippen LogP contribution is -2.47. The van der Waals surface area contributed by atoms with Crippen LogP contribution in [0.15, 0.2) is 6.33 Å². The van der Waals surface area contributed by atoms with Crippen LogP contribution in [0.4, 0.5) is 10.7 Å². The van der Waals surface area contributed by atoms with Crippen molar-refractivity contribution in [3.05, 3.63) is 6.33 Å². The molecular weight excluding hydrogens is 310 g/mol. The molecule has 2 amide bonds. The van der Waals surface area contributed by atoms with E-state index in [0.29, 0.717) is 19.0 Å². The van der Waals surface area contributed by atoms with Crippen molar-refractivity contribution in [2.45, 2.75) is 51.5 Å². The number of carboxylic acids is 1. The third kappa shape index (κ3) is 3.85. The van der Waals surface area contributed by atoms with E-state index in [1.165, 1.54) is 19.3 Å². The Labute approximate surface area is 141 Å². The molecule has 3 rings (SSSR count). The van der Waals surface area contributed by atoms with Crippen LogP contribution in [-0.2, 0) is 4.79 Å². The number of hydrogen-bond acceptors (Lipinski definition) is 4. The molecule has 1 saturated carbocycles. The zero-order valence-corrected chi connectivity index (χ0v) is 14.0. The Balaban J connectivity index is 1.60. The SMILES string of the molecule is CC1CC(C(=O)O)CN(C(=O)Nc2ncn(C3CCCCC3)n2)C1. The number of likely N-dealkylation sites (tertiary alicyclic amines) is 1. The molecular formula is C16H25N5O3. The molecule has 1 aromatic rings. The molecule has 2 atom stereocenters. The summed E-state index contributed by atoms with van der Waals surface area (Å²) in [4.78, 5) is 29.3. The van der Waals surface area contributed by atoms with Crippen LogP contribution in [0.25, 0.3) is 0 Å². The van der Waals surface area contributed by atoms with Crippen molar-refractivity contribution >= 4 is 17.9 Å². The van der Waals surface area contributed by atoms with E-state index in [1.807, 2.05) is 11.6 Å². The minimum Gasteiger partial charge on any atom is -0.481 e. The number of aromatic nitrogens is 3. The maximum absolute atomic E-state index is 12.4. The first-order valence-electron chi connectivity index (χ1n) is 8.73. The number of urea groups is 1. The average molecular weight is 335 g/mol. The Morgan fingerprint density at radius 1 is 1.25 bits per heavy atom. The topological polar surface area (TPSA) is 100 Å². The highest BCUT2D eigenvalue weighted by atomic mass is 16.4. The van der Waals surface area contributed by atoms with E-state index >= 15 is 0 Å². The largest absolute Gasteiger partial charge is 0.481 e. The average Bonchev–Trinajstić information content (AvgIpc) is 3.03. The molecule has 2 aliphatic rings. The van der Waals surface area contributed by atoms with Crippen molar-refractivity contribution in [2.75, 3.05) is 18.4 Å². The van der Waals surface area contributed by atoms with E-state index in [9.17, 15) is 14.7 Å². The van der Waals surface area contributed by atoms with Gasteiger partial charge in [0.25, 0.3) is 0 Å². The molecule has 1 saturated heterocycles. The molecule has 8 heteroatoms. The van der Waals surface area contributed by atoms with E-state index in [1.54, 1.807) is 11.2 Å². The highest BCUT2D eigenvalue weighted by Crippen LogP contribution is 2.27. The summed E-state index contributed by atoms with van der Waals surface area (Å²) in [5, 5.41) is 16.3. The van der Waals surface area contributed by atoms with Gasteiger partial charge in [0.05, 0.1) is 12.0 Å². The summed E-state index contributed by atoms with van der Waals surface area (Å²) in [5.41, 5.74) is 0. The smallest absolute Gasteiger partial charge is 0.324 e. The third-order valence-corrected chi connectivity index (χ3v) is 4.97. The minimum atomic E-state index is -0.848. The molecule has 0 aromatic carbocycles. The van der Waals surface area contributed by atoms with E-state index in [2.05, 4.69) is 15.4 Å². The summed E-state index contributed by atoms with van der Waals surface area (Å²) in [6, 6.07) is 0.0393. The van der Waals surface area contributed by atoms with Gasteiger partial charge in [0.15, 0.2) is 0 Å². The number of piperidine rings is 1. The van der Waals surface area contributed by atoms with Gasteiger partial charge in [-0.1, -0.05) is 26.2 Å². The van der Waals surface area contributed by atoms with Gasteiger partial charge in [0, 0.05) is 13.1 Å². The van der Waals surface area contributed by atoms with Crippen LogP contribution < -0.4 is 5.32 Å². The number of aliphatic carboxylic acids is 1. The Hall–Kier alpha value is -2.12. The van der Waals surface area contributed by atoms with Gasteiger partial charge < -0.3 is 10.0 Å². The molecule has 132 valence electrons. The van der Waals surface area contributed by atoms with Crippen molar-refractivity contribution < 1.29 is 14.7 Å². The number of carbonyl (C=O) groups excluding carboxylic acids is 1. The molecule has 2 heterocycles. The normalized spacial score (nSPS) is 25.5. The number of rotatable bonds is 3. The highest BCUT2D eigenvalue weighted by Gasteiger charge is 2.32. The van der Waals surface area contributed by atoms with Crippen molar-refractivity contribution in [3.63, 3.8) is 0 Å². The fourth-order valence-corrected chi connectivity index (χ4v) is 3.72.